The highest BCUT2D eigenvalue weighted by molar-refractivity contribution is 5.89. The molecule has 0 aliphatic carbocycles. The summed E-state index contributed by atoms with van der Waals surface area (Å²) < 4.78 is 11.0. The topological polar surface area (TPSA) is 55.8 Å². The van der Waals surface area contributed by atoms with Crippen LogP contribution in [0.3, 0.4) is 0 Å². The Morgan fingerprint density at radius 3 is 2.48 bits per heavy atom. The molecule has 1 fully saturated rings. The number of amides is 1. The number of carbonyl (C=O) groups is 2. The van der Waals surface area contributed by atoms with E-state index in [0.29, 0.717) is 12.1 Å². The molecular formula is C18H25NO4. The lowest BCUT2D eigenvalue weighted by molar-refractivity contribution is -0.00659. The van der Waals surface area contributed by atoms with Gasteiger partial charge in [0.25, 0.3) is 0 Å². The highest BCUT2D eigenvalue weighted by atomic mass is 16.6. The fourth-order valence-electron chi connectivity index (χ4n) is 2.72. The molecule has 23 heavy (non-hydrogen) atoms. The van der Waals surface area contributed by atoms with Gasteiger partial charge in [0.15, 0.2) is 0 Å². The summed E-state index contributed by atoms with van der Waals surface area (Å²) in [5.41, 5.74) is -0.0186. The normalized spacial score (nSPS) is 19.3. The van der Waals surface area contributed by atoms with Crippen molar-refractivity contribution in [1.82, 2.24) is 4.90 Å². The smallest absolute Gasteiger partial charge is 0.410 e. The molecule has 0 saturated carbocycles. The zero-order valence-electron chi connectivity index (χ0n) is 14.2. The second-order valence-corrected chi connectivity index (χ2v) is 6.86. The third kappa shape index (κ3) is 4.71. The van der Waals surface area contributed by atoms with Crippen LogP contribution >= 0.6 is 0 Å². The largest absolute Gasteiger partial charge is 0.457 e. The summed E-state index contributed by atoms with van der Waals surface area (Å²) in [5.74, 6) is -0.367. The van der Waals surface area contributed by atoms with Crippen molar-refractivity contribution >= 4 is 12.1 Å². The molecule has 1 heterocycles. The van der Waals surface area contributed by atoms with Gasteiger partial charge in [0, 0.05) is 6.54 Å². The number of benzene rings is 1. The van der Waals surface area contributed by atoms with Crippen LogP contribution in [0.25, 0.3) is 0 Å². The third-order valence-electron chi connectivity index (χ3n) is 3.77. The predicted octanol–water partition coefficient (Wildman–Crippen LogP) is 3.63. The van der Waals surface area contributed by atoms with Crippen LogP contribution in [0, 0.1) is 0 Å². The maximum atomic E-state index is 12.3. The lowest BCUT2D eigenvalue weighted by Crippen LogP contribution is -2.45. The summed E-state index contributed by atoms with van der Waals surface area (Å²) in [5, 5.41) is 0. The Labute approximate surface area is 137 Å². The molecule has 2 atom stereocenters. The van der Waals surface area contributed by atoms with Crippen molar-refractivity contribution in [2.75, 3.05) is 6.54 Å². The molecule has 1 aromatic carbocycles. The lowest BCUT2D eigenvalue weighted by Gasteiger charge is -2.31. The summed E-state index contributed by atoms with van der Waals surface area (Å²) in [6.07, 6.45) is 0.972. The molecule has 1 unspecified atom stereocenters. The van der Waals surface area contributed by atoms with E-state index < -0.39 is 5.60 Å². The molecule has 1 amide bonds. The Kier molecular flexibility index (Phi) is 5.29. The number of hydrogen-bond acceptors (Lipinski definition) is 4. The van der Waals surface area contributed by atoms with E-state index in [1.54, 1.807) is 29.2 Å². The number of nitrogens with zero attached hydrogens (tertiary/aromatic N) is 1. The zero-order valence-corrected chi connectivity index (χ0v) is 14.2. The predicted molar refractivity (Wildman–Crippen MR) is 87.3 cm³/mol. The van der Waals surface area contributed by atoms with Crippen LogP contribution in [0.1, 0.15) is 50.9 Å². The van der Waals surface area contributed by atoms with E-state index in [1.807, 2.05) is 33.8 Å². The molecule has 5 nitrogen and oxygen atoms in total. The molecule has 1 aliphatic heterocycles. The average Bonchev–Trinajstić information content (AvgIpc) is 2.96. The molecule has 126 valence electrons. The number of carbonyl (C=O) groups excluding carboxylic acids is 2. The molecule has 5 heteroatoms. The second-order valence-electron chi connectivity index (χ2n) is 6.86. The fourth-order valence-corrected chi connectivity index (χ4v) is 2.72. The Morgan fingerprint density at radius 2 is 1.87 bits per heavy atom. The Balaban J connectivity index is 1.99. The van der Waals surface area contributed by atoms with Crippen LogP contribution in [0.2, 0.25) is 0 Å². The Morgan fingerprint density at radius 1 is 1.22 bits per heavy atom. The van der Waals surface area contributed by atoms with Gasteiger partial charge in [0.2, 0.25) is 0 Å². The van der Waals surface area contributed by atoms with E-state index >= 15 is 0 Å². The van der Waals surface area contributed by atoms with Gasteiger partial charge in [0.05, 0.1) is 11.6 Å². The van der Waals surface area contributed by atoms with Crippen molar-refractivity contribution in [3.63, 3.8) is 0 Å². The molecule has 1 aromatic rings. The molecule has 1 saturated heterocycles. The Bertz CT molecular complexity index is 550. The van der Waals surface area contributed by atoms with Gasteiger partial charge < -0.3 is 14.4 Å². The van der Waals surface area contributed by atoms with Gasteiger partial charge in [-0.1, -0.05) is 18.2 Å². The van der Waals surface area contributed by atoms with Gasteiger partial charge in [-0.15, -0.1) is 0 Å². The minimum atomic E-state index is -0.534. The number of rotatable bonds is 3. The molecule has 0 bridgehead atoms. The number of likely N-dealkylation sites (tertiary alicyclic amines) is 1. The van der Waals surface area contributed by atoms with E-state index in [2.05, 4.69) is 0 Å². The van der Waals surface area contributed by atoms with Crippen LogP contribution in [0.15, 0.2) is 30.3 Å². The summed E-state index contributed by atoms with van der Waals surface area (Å²) in [6, 6.07) is 8.73. The quantitative estimate of drug-likeness (QED) is 0.798. The van der Waals surface area contributed by atoms with Crippen LogP contribution in [-0.2, 0) is 9.47 Å². The SMILES string of the molecule is CC(OC(=O)c1ccccc1)[C@@H]1CCCN1C(=O)OC(C)(C)C. The highest BCUT2D eigenvalue weighted by Crippen LogP contribution is 2.25. The average molecular weight is 319 g/mol. The van der Waals surface area contributed by atoms with Crippen LogP contribution < -0.4 is 0 Å². The van der Waals surface area contributed by atoms with Crippen LogP contribution in [0.4, 0.5) is 4.79 Å². The van der Waals surface area contributed by atoms with Crippen molar-refractivity contribution < 1.29 is 19.1 Å². The highest BCUT2D eigenvalue weighted by Gasteiger charge is 2.37. The first-order valence-corrected chi connectivity index (χ1v) is 8.03. The van der Waals surface area contributed by atoms with Crippen LogP contribution in [-0.4, -0.2) is 41.3 Å². The van der Waals surface area contributed by atoms with Crippen LogP contribution in [0.5, 0.6) is 0 Å². The van der Waals surface area contributed by atoms with E-state index in [4.69, 9.17) is 9.47 Å². The third-order valence-corrected chi connectivity index (χ3v) is 3.77. The minimum Gasteiger partial charge on any atom is -0.457 e. The van der Waals surface area contributed by atoms with E-state index in [9.17, 15) is 9.59 Å². The van der Waals surface area contributed by atoms with Gasteiger partial charge in [-0.3, -0.25) is 0 Å². The zero-order chi connectivity index (χ0) is 17.0. The molecule has 0 N–H and O–H groups in total. The standard InChI is InChI=1S/C18H25NO4/c1-13(22-16(20)14-9-6-5-7-10-14)15-11-8-12-19(15)17(21)23-18(2,3)4/h5-7,9-10,13,15H,8,11-12H2,1-4H3/t13?,15-/m0/s1. The fraction of sp³-hybridized carbons (Fsp3) is 0.556. The number of esters is 1. The molecule has 0 spiro atoms. The molecule has 2 rings (SSSR count). The second kappa shape index (κ2) is 7.02. The molecule has 1 aliphatic rings. The Hall–Kier alpha value is -2.04. The maximum Gasteiger partial charge on any atom is 0.410 e. The summed E-state index contributed by atoms with van der Waals surface area (Å²) >= 11 is 0. The molecule has 0 aromatic heterocycles. The minimum absolute atomic E-state index is 0.141. The molecular weight excluding hydrogens is 294 g/mol. The van der Waals surface area contributed by atoms with Gasteiger partial charge in [-0.05, 0) is 52.7 Å². The monoisotopic (exact) mass is 319 g/mol. The molecule has 0 radical (unpaired) electrons. The van der Waals surface area contributed by atoms with Crippen molar-refractivity contribution in [2.45, 2.75) is 58.3 Å². The first-order chi connectivity index (χ1) is 10.8. The van der Waals surface area contributed by atoms with Crippen molar-refractivity contribution in [3.8, 4) is 0 Å². The van der Waals surface area contributed by atoms with Crippen molar-refractivity contribution in [1.29, 1.82) is 0 Å². The summed E-state index contributed by atoms with van der Waals surface area (Å²) in [7, 11) is 0. The first kappa shape index (κ1) is 17.3. The van der Waals surface area contributed by atoms with Crippen molar-refractivity contribution in [3.05, 3.63) is 35.9 Å². The van der Waals surface area contributed by atoms with E-state index in [0.717, 1.165) is 12.8 Å². The maximum absolute atomic E-state index is 12.3. The van der Waals surface area contributed by atoms with Gasteiger partial charge in [0.1, 0.15) is 11.7 Å². The number of ether oxygens (including phenoxy) is 2. The lowest BCUT2D eigenvalue weighted by atomic mass is 10.1. The van der Waals surface area contributed by atoms with Gasteiger partial charge in [-0.2, -0.15) is 0 Å². The van der Waals surface area contributed by atoms with E-state index in [-0.39, 0.29) is 24.2 Å². The number of hydrogen-bond donors (Lipinski definition) is 0. The van der Waals surface area contributed by atoms with Crippen molar-refractivity contribution in [2.24, 2.45) is 0 Å². The van der Waals surface area contributed by atoms with Gasteiger partial charge >= 0.3 is 12.1 Å². The summed E-state index contributed by atoms with van der Waals surface area (Å²) in [4.78, 5) is 26.1. The van der Waals surface area contributed by atoms with Gasteiger partial charge in [-0.25, -0.2) is 9.59 Å². The summed E-state index contributed by atoms with van der Waals surface area (Å²) in [6.45, 7) is 7.99. The first-order valence-electron chi connectivity index (χ1n) is 8.03. The van der Waals surface area contributed by atoms with E-state index in [1.165, 1.54) is 0 Å².